The van der Waals surface area contributed by atoms with Crippen LogP contribution in [0.25, 0.3) is 0 Å². The van der Waals surface area contributed by atoms with Crippen LogP contribution in [0.15, 0.2) is 18.2 Å². The predicted octanol–water partition coefficient (Wildman–Crippen LogP) is 1.99. The van der Waals surface area contributed by atoms with Gasteiger partial charge in [-0.05, 0) is 37.0 Å². The Morgan fingerprint density at radius 3 is 2.78 bits per heavy atom. The van der Waals surface area contributed by atoms with Crippen LogP contribution in [-0.2, 0) is 0 Å². The van der Waals surface area contributed by atoms with Gasteiger partial charge >= 0.3 is 0 Å². The minimum atomic E-state index is -0.389. The molecule has 1 atom stereocenters. The lowest BCUT2D eigenvalue weighted by Gasteiger charge is -2.31. The van der Waals surface area contributed by atoms with E-state index in [0.29, 0.717) is 23.2 Å². The summed E-state index contributed by atoms with van der Waals surface area (Å²) in [5.41, 5.74) is 13.4. The molecule has 1 fully saturated rings. The second-order valence-corrected chi connectivity index (χ2v) is 5.29. The van der Waals surface area contributed by atoms with Crippen molar-refractivity contribution in [2.75, 3.05) is 17.2 Å². The Bertz CT molecular complexity index is 456. The molecule has 1 heterocycles. The topological polar surface area (TPSA) is 72.3 Å². The van der Waals surface area contributed by atoms with Crippen molar-refractivity contribution in [2.24, 2.45) is 11.7 Å². The fraction of sp³-hybridized carbons (Fsp3) is 0.500. The summed E-state index contributed by atoms with van der Waals surface area (Å²) in [6.07, 6.45) is 2.31. The number of hydrogen-bond acceptors (Lipinski definition) is 3. The molecule has 1 saturated heterocycles. The van der Waals surface area contributed by atoms with Gasteiger partial charge in [-0.2, -0.15) is 0 Å². The first-order valence-corrected chi connectivity index (χ1v) is 6.46. The zero-order valence-electron chi connectivity index (χ0n) is 11.0. The quantitative estimate of drug-likeness (QED) is 0.802. The maximum atomic E-state index is 11.5. The molecule has 1 amide bonds. The summed E-state index contributed by atoms with van der Waals surface area (Å²) in [7, 11) is 0. The summed E-state index contributed by atoms with van der Waals surface area (Å²) < 4.78 is 0. The van der Waals surface area contributed by atoms with E-state index in [1.54, 1.807) is 12.1 Å². The van der Waals surface area contributed by atoms with Gasteiger partial charge in [-0.3, -0.25) is 4.79 Å². The van der Waals surface area contributed by atoms with E-state index in [0.717, 1.165) is 25.1 Å². The first-order chi connectivity index (χ1) is 8.50. The molecule has 1 aliphatic heterocycles. The van der Waals surface area contributed by atoms with Gasteiger partial charge in [-0.15, -0.1) is 0 Å². The molecule has 98 valence electrons. The van der Waals surface area contributed by atoms with Gasteiger partial charge in [-0.25, -0.2) is 0 Å². The Morgan fingerprint density at radius 2 is 2.17 bits per heavy atom. The fourth-order valence-electron chi connectivity index (χ4n) is 2.78. The van der Waals surface area contributed by atoms with E-state index in [-0.39, 0.29) is 5.91 Å². The lowest BCUT2D eigenvalue weighted by molar-refractivity contribution is 0.100. The van der Waals surface area contributed by atoms with E-state index in [4.69, 9.17) is 11.5 Å². The average Bonchev–Trinajstić information content (AvgIpc) is 2.77. The van der Waals surface area contributed by atoms with Crippen molar-refractivity contribution in [1.29, 1.82) is 0 Å². The summed E-state index contributed by atoms with van der Waals surface area (Å²) in [5.74, 6) is 0.161. The van der Waals surface area contributed by atoms with Gasteiger partial charge in [-0.1, -0.05) is 13.8 Å². The molecule has 18 heavy (non-hydrogen) atoms. The number of benzene rings is 1. The van der Waals surface area contributed by atoms with Crippen molar-refractivity contribution in [3.63, 3.8) is 0 Å². The highest BCUT2D eigenvalue weighted by molar-refractivity contribution is 5.99. The summed E-state index contributed by atoms with van der Waals surface area (Å²) in [5, 5.41) is 0. The molecular weight excluding hydrogens is 226 g/mol. The van der Waals surface area contributed by atoms with Crippen molar-refractivity contribution in [3.05, 3.63) is 23.8 Å². The number of carbonyl (C=O) groups excluding carboxylic acids is 1. The number of hydrogen-bond donors (Lipinski definition) is 2. The highest BCUT2D eigenvalue weighted by Crippen LogP contribution is 2.33. The van der Waals surface area contributed by atoms with Gasteiger partial charge in [0.1, 0.15) is 0 Å². The lowest BCUT2D eigenvalue weighted by atomic mass is 10.0. The Morgan fingerprint density at radius 1 is 1.44 bits per heavy atom. The normalized spacial score (nSPS) is 19.5. The summed E-state index contributed by atoms with van der Waals surface area (Å²) in [4.78, 5) is 13.8. The van der Waals surface area contributed by atoms with Crippen molar-refractivity contribution in [3.8, 4) is 0 Å². The molecule has 0 aromatic heterocycles. The van der Waals surface area contributed by atoms with Crippen LogP contribution in [0.3, 0.4) is 0 Å². The van der Waals surface area contributed by atoms with Crippen LogP contribution >= 0.6 is 0 Å². The number of amides is 1. The van der Waals surface area contributed by atoms with Crippen LogP contribution < -0.4 is 16.4 Å². The second-order valence-electron chi connectivity index (χ2n) is 5.29. The summed E-state index contributed by atoms with van der Waals surface area (Å²) >= 11 is 0. The molecule has 4 heteroatoms. The van der Waals surface area contributed by atoms with Crippen molar-refractivity contribution >= 4 is 17.3 Å². The Kier molecular flexibility index (Phi) is 3.45. The molecule has 0 saturated carbocycles. The highest BCUT2D eigenvalue weighted by Gasteiger charge is 2.29. The van der Waals surface area contributed by atoms with E-state index in [1.807, 2.05) is 6.07 Å². The van der Waals surface area contributed by atoms with Crippen LogP contribution in [-0.4, -0.2) is 18.5 Å². The standard InChI is InChI=1S/C14H21N3O/c1-9(2)12-4-3-7-17(12)13-8-10(15)5-6-11(13)14(16)18/h5-6,8-9,12H,3-4,7,15H2,1-2H3,(H2,16,18). The molecule has 1 aromatic carbocycles. The van der Waals surface area contributed by atoms with Gasteiger partial charge in [0.15, 0.2) is 0 Å². The van der Waals surface area contributed by atoms with Crippen molar-refractivity contribution in [1.82, 2.24) is 0 Å². The molecule has 1 aromatic rings. The van der Waals surface area contributed by atoms with E-state index in [2.05, 4.69) is 18.7 Å². The van der Waals surface area contributed by atoms with Gasteiger partial charge in [0.05, 0.1) is 11.3 Å². The monoisotopic (exact) mass is 247 g/mol. The molecular formula is C14H21N3O. The molecule has 0 spiro atoms. The number of anilines is 2. The molecule has 0 aliphatic carbocycles. The van der Waals surface area contributed by atoms with E-state index >= 15 is 0 Å². The number of rotatable bonds is 3. The van der Waals surface area contributed by atoms with Crippen LogP contribution in [0.1, 0.15) is 37.0 Å². The van der Waals surface area contributed by atoms with Gasteiger partial charge < -0.3 is 16.4 Å². The highest BCUT2D eigenvalue weighted by atomic mass is 16.1. The van der Waals surface area contributed by atoms with Crippen LogP contribution in [0.2, 0.25) is 0 Å². The SMILES string of the molecule is CC(C)C1CCCN1c1cc(N)ccc1C(N)=O. The third kappa shape index (κ3) is 2.28. The van der Waals surface area contributed by atoms with Gasteiger partial charge in [0.2, 0.25) is 0 Å². The fourth-order valence-corrected chi connectivity index (χ4v) is 2.78. The lowest BCUT2D eigenvalue weighted by Crippen LogP contribution is -2.35. The molecule has 1 aliphatic rings. The molecule has 1 unspecified atom stereocenters. The molecule has 0 bridgehead atoms. The van der Waals surface area contributed by atoms with Gasteiger partial charge in [0, 0.05) is 18.3 Å². The Labute approximate surface area is 108 Å². The molecule has 4 N–H and O–H groups in total. The average molecular weight is 247 g/mol. The molecule has 0 radical (unpaired) electrons. The minimum absolute atomic E-state index is 0.389. The maximum absolute atomic E-state index is 11.5. The van der Waals surface area contributed by atoms with Gasteiger partial charge in [0.25, 0.3) is 5.91 Å². The third-order valence-corrected chi connectivity index (χ3v) is 3.67. The Balaban J connectivity index is 2.42. The summed E-state index contributed by atoms with van der Waals surface area (Å²) in [6.45, 7) is 5.38. The first kappa shape index (κ1) is 12.7. The second kappa shape index (κ2) is 4.88. The minimum Gasteiger partial charge on any atom is -0.399 e. The number of nitrogens with zero attached hydrogens (tertiary/aromatic N) is 1. The zero-order chi connectivity index (χ0) is 13.3. The van der Waals surface area contributed by atoms with Crippen molar-refractivity contribution in [2.45, 2.75) is 32.7 Å². The van der Waals surface area contributed by atoms with E-state index in [1.165, 1.54) is 0 Å². The number of nitrogen functional groups attached to an aromatic ring is 1. The summed E-state index contributed by atoms with van der Waals surface area (Å²) in [6, 6.07) is 5.78. The smallest absolute Gasteiger partial charge is 0.250 e. The number of nitrogens with two attached hydrogens (primary N) is 2. The van der Waals surface area contributed by atoms with E-state index in [9.17, 15) is 4.79 Å². The molecule has 4 nitrogen and oxygen atoms in total. The first-order valence-electron chi connectivity index (χ1n) is 6.46. The largest absolute Gasteiger partial charge is 0.399 e. The van der Waals surface area contributed by atoms with E-state index < -0.39 is 0 Å². The zero-order valence-corrected chi connectivity index (χ0v) is 11.0. The molecule has 2 rings (SSSR count). The number of primary amides is 1. The van der Waals surface area contributed by atoms with Crippen molar-refractivity contribution < 1.29 is 4.79 Å². The third-order valence-electron chi connectivity index (χ3n) is 3.67. The number of carbonyl (C=O) groups is 1. The maximum Gasteiger partial charge on any atom is 0.250 e. The predicted molar refractivity (Wildman–Crippen MR) is 74.6 cm³/mol. The Hall–Kier alpha value is -1.71. The van der Waals surface area contributed by atoms with Crippen LogP contribution in [0.5, 0.6) is 0 Å². The van der Waals surface area contributed by atoms with Crippen LogP contribution in [0, 0.1) is 5.92 Å². The van der Waals surface area contributed by atoms with Crippen LogP contribution in [0.4, 0.5) is 11.4 Å².